The molecule has 0 bridgehead atoms. The number of benzene rings is 3. The Morgan fingerprint density at radius 3 is 2.50 bits per heavy atom. The summed E-state index contributed by atoms with van der Waals surface area (Å²) in [4.78, 5) is 0. The van der Waals surface area contributed by atoms with Crippen LogP contribution in [0, 0.1) is 0 Å². The monoisotopic (exact) mass is 402 g/mol. The van der Waals surface area contributed by atoms with Gasteiger partial charge >= 0.3 is 7.37 Å². The third-order valence-corrected chi connectivity index (χ3v) is 7.45. The molecule has 3 aromatic rings. The summed E-state index contributed by atoms with van der Waals surface area (Å²) in [6.07, 6.45) is 0. The molecular weight excluding hydrogens is 391 g/mol. The van der Waals surface area contributed by atoms with E-state index >= 15 is 0 Å². The Kier molecular flexibility index (Phi) is 3.44. The van der Waals surface area contributed by atoms with E-state index in [2.05, 4.69) is 15.9 Å². The Hall–Kier alpha value is -2.23. The fourth-order valence-electron chi connectivity index (χ4n) is 2.90. The molecule has 120 valence electrons. The number of hydrogen-bond acceptors (Lipinski definition) is 4. The maximum atomic E-state index is 13.9. The molecule has 3 aromatic carbocycles. The van der Waals surface area contributed by atoms with E-state index in [4.69, 9.17) is 4.52 Å². The van der Waals surface area contributed by atoms with Crippen LogP contribution in [0.15, 0.2) is 65.1 Å². The number of phenolic OH excluding ortho intramolecular Hbond substituents is 2. The van der Waals surface area contributed by atoms with Crippen molar-refractivity contribution in [3.05, 3.63) is 65.1 Å². The maximum Gasteiger partial charge on any atom is 0.312 e. The molecule has 1 unspecified atom stereocenters. The zero-order valence-corrected chi connectivity index (χ0v) is 14.8. The van der Waals surface area contributed by atoms with Crippen LogP contribution in [0.1, 0.15) is 0 Å². The standard InChI is InChI=1S/C18H12BrO4P/c19-14-6-3-5-13-12-4-1-2-7-16(12)23-24(22,18(13)14)17-10-11(20)8-9-15(17)21/h1-10,20-21H. The van der Waals surface area contributed by atoms with Gasteiger partial charge in [0.2, 0.25) is 0 Å². The summed E-state index contributed by atoms with van der Waals surface area (Å²) in [7, 11) is -3.65. The molecule has 1 aliphatic heterocycles. The van der Waals surface area contributed by atoms with E-state index < -0.39 is 7.37 Å². The largest absolute Gasteiger partial charge is 0.508 e. The third kappa shape index (κ3) is 2.16. The second-order valence-electron chi connectivity index (χ2n) is 5.45. The molecule has 24 heavy (non-hydrogen) atoms. The van der Waals surface area contributed by atoms with Crippen molar-refractivity contribution in [2.75, 3.05) is 0 Å². The average Bonchev–Trinajstić information content (AvgIpc) is 2.57. The molecule has 0 radical (unpaired) electrons. The minimum atomic E-state index is -3.65. The van der Waals surface area contributed by atoms with Gasteiger partial charge in [0, 0.05) is 15.6 Å². The van der Waals surface area contributed by atoms with Gasteiger partial charge in [-0.05, 0) is 46.3 Å². The van der Waals surface area contributed by atoms with Crippen molar-refractivity contribution in [2.45, 2.75) is 0 Å². The van der Waals surface area contributed by atoms with Crippen LogP contribution < -0.4 is 15.1 Å². The molecule has 2 N–H and O–H groups in total. The Balaban J connectivity index is 2.09. The molecule has 0 aliphatic carbocycles. The lowest BCUT2D eigenvalue weighted by Crippen LogP contribution is -2.26. The molecular formula is C18H12BrO4P. The van der Waals surface area contributed by atoms with Gasteiger partial charge in [-0.25, -0.2) is 0 Å². The van der Waals surface area contributed by atoms with Crippen LogP contribution >= 0.6 is 23.3 Å². The number of para-hydroxylation sites is 1. The fourth-order valence-corrected chi connectivity index (χ4v) is 6.38. The number of rotatable bonds is 1. The summed E-state index contributed by atoms with van der Waals surface area (Å²) in [5.74, 6) is 0.209. The van der Waals surface area contributed by atoms with Crippen molar-refractivity contribution >= 4 is 33.9 Å². The van der Waals surface area contributed by atoms with E-state index in [9.17, 15) is 14.8 Å². The molecule has 0 spiro atoms. The molecule has 1 heterocycles. The van der Waals surface area contributed by atoms with Gasteiger partial charge in [-0.3, -0.25) is 4.57 Å². The SMILES string of the molecule is O=P1(c2cc(O)ccc2O)Oc2ccccc2-c2cccc(Br)c21. The van der Waals surface area contributed by atoms with Crippen molar-refractivity contribution in [3.63, 3.8) is 0 Å². The lowest BCUT2D eigenvalue weighted by Gasteiger charge is -2.30. The number of halogens is 1. The zero-order chi connectivity index (χ0) is 16.9. The highest BCUT2D eigenvalue weighted by Gasteiger charge is 2.41. The highest BCUT2D eigenvalue weighted by molar-refractivity contribution is 9.10. The summed E-state index contributed by atoms with van der Waals surface area (Å²) < 4.78 is 20.4. The van der Waals surface area contributed by atoms with Crippen molar-refractivity contribution < 1.29 is 19.3 Å². The summed E-state index contributed by atoms with van der Waals surface area (Å²) in [5, 5.41) is 20.6. The number of phenols is 2. The van der Waals surface area contributed by atoms with Gasteiger partial charge in [0.1, 0.15) is 17.2 Å². The summed E-state index contributed by atoms with van der Waals surface area (Å²) in [6, 6.07) is 16.8. The summed E-state index contributed by atoms with van der Waals surface area (Å²) in [5.41, 5.74) is 1.61. The Morgan fingerprint density at radius 2 is 1.67 bits per heavy atom. The van der Waals surface area contributed by atoms with E-state index in [0.29, 0.717) is 15.5 Å². The molecule has 1 aliphatic rings. The smallest absolute Gasteiger partial charge is 0.312 e. The van der Waals surface area contributed by atoms with Gasteiger partial charge in [-0.15, -0.1) is 0 Å². The van der Waals surface area contributed by atoms with Crippen LogP contribution in [0.4, 0.5) is 0 Å². The van der Waals surface area contributed by atoms with Crippen molar-refractivity contribution in [2.24, 2.45) is 0 Å². The highest BCUT2D eigenvalue weighted by atomic mass is 79.9. The van der Waals surface area contributed by atoms with Gasteiger partial charge in [0.05, 0.1) is 10.6 Å². The van der Waals surface area contributed by atoms with E-state index in [-0.39, 0.29) is 16.8 Å². The first kappa shape index (κ1) is 15.3. The first-order valence-corrected chi connectivity index (χ1v) is 9.63. The molecule has 1 atom stereocenters. The van der Waals surface area contributed by atoms with Crippen LogP contribution in [-0.2, 0) is 4.57 Å². The molecule has 0 saturated heterocycles. The van der Waals surface area contributed by atoms with Crippen LogP contribution in [-0.4, -0.2) is 10.2 Å². The number of hydrogen-bond donors (Lipinski definition) is 2. The maximum absolute atomic E-state index is 13.9. The first-order valence-electron chi connectivity index (χ1n) is 7.21. The van der Waals surface area contributed by atoms with E-state index in [0.717, 1.165) is 11.1 Å². The predicted octanol–water partition coefficient (Wildman–Crippen LogP) is 4.15. The fraction of sp³-hybridized carbons (Fsp3) is 0. The van der Waals surface area contributed by atoms with Gasteiger partial charge in [-0.1, -0.05) is 30.3 Å². The topological polar surface area (TPSA) is 66.8 Å². The van der Waals surface area contributed by atoms with Crippen LogP contribution in [0.25, 0.3) is 11.1 Å². The molecule has 4 rings (SSSR count). The highest BCUT2D eigenvalue weighted by Crippen LogP contribution is 2.56. The van der Waals surface area contributed by atoms with Crippen molar-refractivity contribution in [3.8, 4) is 28.4 Å². The van der Waals surface area contributed by atoms with Gasteiger partial charge in [-0.2, -0.15) is 0 Å². The lowest BCUT2D eigenvalue weighted by molar-refractivity contribution is 0.459. The second-order valence-corrected chi connectivity index (χ2v) is 8.52. The van der Waals surface area contributed by atoms with Gasteiger partial charge in [0.15, 0.2) is 0 Å². The number of fused-ring (bicyclic) bond motifs is 3. The minimum Gasteiger partial charge on any atom is -0.508 e. The molecule has 0 aromatic heterocycles. The van der Waals surface area contributed by atoms with Crippen LogP contribution in [0.5, 0.6) is 17.2 Å². The van der Waals surface area contributed by atoms with E-state index in [1.165, 1.54) is 18.2 Å². The lowest BCUT2D eigenvalue weighted by atomic mass is 10.0. The van der Waals surface area contributed by atoms with E-state index in [1.807, 2.05) is 24.3 Å². The van der Waals surface area contributed by atoms with E-state index in [1.54, 1.807) is 18.2 Å². The third-order valence-electron chi connectivity index (χ3n) is 3.96. The molecule has 0 amide bonds. The second kappa shape index (κ2) is 5.40. The number of aromatic hydroxyl groups is 2. The zero-order valence-electron chi connectivity index (χ0n) is 12.3. The van der Waals surface area contributed by atoms with Gasteiger partial charge in [0.25, 0.3) is 0 Å². The van der Waals surface area contributed by atoms with Crippen molar-refractivity contribution in [1.82, 2.24) is 0 Å². The molecule has 4 nitrogen and oxygen atoms in total. The van der Waals surface area contributed by atoms with Crippen LogP contribution in [0.2, 0.25) is 0 Å². The quantitative estimate of drug-likeness (QED) is 0.473. The Morgan fingerprint density at radius 1 is 0.917 bits per heavy atom. The first-order chi connectivity index (χ1) is 11.5. The normalized spacial score (nSPS) is 18.4. The predicted molar refractivity (Wildman–Crippen MR) is 96.9 cm³/mol. The molecule has 0 saturated carbocycles. The summed E-state index contributed by atoms with van der Waals surface area (Å²) in [6.45, 7) is 0. The minimum absolute atomic E-state index is 0.0742. The Bertz CT molecular complexity index is 1020. The van der Waals surface area contributed by atoms with Crippen LogP contribution in [0.3, 0.4) is 0 Å². The summed E-state index contributed by atoms with van der Waals surface area (Å²) >= 11 is 3.45. The van der Waals surface area contributed by atoms with Crippen molar-refractivity contribution in [1.29, 1.82) is 0 Å². The average molecular weight is 403 g/mol. The Labute approximate surface area is 146 Å². The molecule has 0 fully saturated rings. The van der Waals surface area contributed by atoms with Gasteiger partial charge < -0.3 is 14.7 Å². The molecule has 6 heteroatoms.